The number of nitrogens with zero attached hydrogens (tertiary/aromatic N) is 1. The number of carbonyl (C=O) groups is 3. The Kier molecular flexibility index (Phi) is 3.69. The number of amides is 1. The summed E-state index contributed by atoms with van der Waals surface area (Å²) < 4.78 is 11.9. The third-order valence-electron chi connectivity index (χ3n) is 4.50. The van der Waals surface area contributed by atoms with E-state index < -0.39 is 24.0 Å². The molecule has 1 aromatic heterocycles. The molecular formula is C15H18N4O5. The van der Waals surface area contributed by atoms with Crippen LogP contribution in [0.15, 0.2) is 11.3 Å². The third-order valence-corrected chi connectivity index (χ3v) is 4.50. The smallest absolute Gasteiger partial charge is 0.404 e. The molecule has 0 fully saturated rings. The number of carbonyl (C=O) groups excluding carboxylic acids is 3. The number of hydrogen-bond acceptors (Lipinski definition) is 7. The Morgan fingerprint density at radius 2 is 2.00 bits per heavy atom. The molecule has 0 unspecified atom stereocenters. The molecule has 9 heteroatoms. The lowest BCUT2D eigenvalue weighted by molar-refractivity contribution is 0.0872. The quantitative estimate of drug-likeness (QED) is 0.687. The van der Waals surface area contributed by atoms with E-state index in [0.717, 1.165) is 0 Å². The molecule has 0 saturated carbocycles. The van der Waals surface area contributed by atoms with Crippen LogP contribution in [0.4, 0.5) is 4.79 Å². The van der Waals surface area contributed by atoms with Gasteiger partial charge in [0.15, 0.2) is 0 Å². The van der Waals surface area contributed by atoms with Gasteiger partial charge in [-0.05, 0) is 6.92 Å². The molecular weight excluding hydrogens is 316 g/mol. The van der Waals surface area contributed by atoms with Crippen molar-refractivity contribution in [3.8, 4) is 0 Å². The topological polar surface area (TPSA) is 153 Å². The van der Waals surface area contributed by atoms with Gasteiger partial charge in [-0.15, -0.1) is 0 Å². The van der Waals surface area contributed by atoms with E-state index >= 15 is 0 Å². The second-order valence-corrected chi connectivity index (χ2v) is 5.82. The van der Waals surface area contributed by atoms with Gasteiger partial charge in [-0.3, -0.25) is 9.59 Å². The van der Waals surface area contributed by atoms with Gasteiger partial charge in [0, 0.05) is 24.8 Å². The molecule has 0 spiro atoms. The molecule has 0 radical (unpaired) electrons. The van der Waals surface area contributed by atoms with Crippen molar-refractivity contribution in [2.75, 3.05) is 7.11 Å². The number of aromatic nitrogens is 1. The van der Waals surface area contributed by atoms with E-state index in [9.17, 15) is 14.4 Å². The first-order chi connectivity index (χ1) is 11.3. The van der Waals surface area contributed by atoms with E-state index in [1.54, 1.807) is 4.57 Å². The molecule has 2 aliphatic rings. The molecule has 2 atom stereocenters. The number of nitrogens with two attached hydrogens (primary N) is 3. The Morgan fingerprint density at radius 3 is 2.58 bits per heavy atom. The highest BCUT2D eigenvalue weighted by molar-refractivity contribution is 6.26. The molecule has 1 aromatic rings. The maximum Gasteiger partial charge on any atom is 0.404 e. The molecule has 1 amide bonds. The Labute approximate surface area is 137 Å². The fraction of sp³-hybridized carbons (Fsp3) is 0.400. The van der Waals surface area contributed by atoms with Crippen LogP contribution in [0, 0.1) is 0 Å². The van der Waals surface area contributed by atoms with E-state index in [0.29, 0.717) is 17.8 Å². The lowest BCUT2D eigenvalue weighted by Gasteiger charge is -2.18. The predicted molar refractivity (Wildman–Crippen MR) is 82.1 cm³/mol. The molecule has 1 aliphatic carbocycles. The van der Waals surface area contributed by atoms with Crippen LogP contribution in [0.1, 0.15) is 45.1 Å². The Hall–Kier alpha value is -2.65. The van der Waals surface area contributed by atoms with Crippen molar-refractivity contribution in [2.45, 2.75) is 32.2 Å². The summed E-state index contributed by atoms with van der Waals surface area (Å²) in [6.45, 7) is 1.54. The van der Waals surface area contributed by atoms with Gasteiger partial charge in [-0.25, -0.2) is 4.79 Å². The fourth-order valence-electron chi connectivity index (χ4n) is 3.37. The number of hydrogen-bond donors (Lipinski definition) is 3. The number of ketones is 2. The summed E-state index contributed by atoms with van der Waals surface area (Å²) in [6.07, 6.45) is -1.53. The zero-order chi connectivity index (χ0) is 17.8. The summed E-state index contributed by atoms with van der Waals surface area (Å²) in [6, 6.07) is -0.394. The van der Waals surface area contributed by atoms with Crippen molar-refractivity contribution in [2.24, 2.45) is 17.2 Å². The van der Waals surface area contributed by atoms with Crippen molar-refractivity contribution in [3.63, 3.8) is 0 Å². The van der Waals surface area contributed by atoms with Gasteiger partial charge in [0.2, 0.25) is 11.6 Å². The molecule has 6 N–H and O–H groups in total. The van der Waals surface area contributed by atoms with Crippen LogP contribution in [0.5, 0.6) is 0 Å². The van der Waals surface area contributed by atoms with Gasteiger partial charge in [0.25, 0.3) is 0 Å². The molecule has 128 valence electrons. The highest BCUT2D eigenvalue weighted by atomic mass is 16.5. The monoisotopic (exact) mass is 334 g/mol. The van der Waals surface area contributed by atoms with Crippen LogP contribution in [-0.4, -0.2) is 35.4 Å². The van der Waals surface area contributed by atoms with Gasteiger partial charge in [0.05, 0.1) is 23.0 Å². The van der Waals surface area contributed by atoms with Crippen LogP contribution in [0.2, 0.25) is 0 Å². The van der Waals surface area contributed by atoms with Gasteiger partial charge in [-0.1, -0.05) is 0 Å². The molecule has 0 saturated heterocycles. The van der Waals surface area contributed by atoms with E-state index in [2.05, 4.69) is 0 Å². The van der Waals surface area contributed by atoms with Crippen molar-refractivity contribution in [3.05, 3.63) is 33.8 Å². The van der Waals surface area contributed by atoms with Crippen molar-refractivity contribution in [1.82, 2.24) is 4.57 Å². The molecule has 9 nitrogen and oxygen atoms in total. The van der Waals surface area contributed by atoms with Crippen molar-refractivity contribution < 1.29 is 23.9 Å². The molecule has 1 aliphatic heterocycles. The number of allylic oxidation sites excluding steroid dienone is 2. The second kappa shape index (κ2) is 5.46. The van der Waals surface area contributed by atoms with Crippen molar-refractivity contribution >= 4 is 17.7 Å². The van der Waals surface area contributed by atoms with Crippen LogP contribution in [0.25, 0.3) is 0 Å². The summed E-state index contributed by atoms with van der Waals surface area (Å²) in [7, 11) is 1.48. The summed E-state index contributed by atoms with van der Waals surface area (Å²) >= 11 is 0. The van der Waals surface area contributed by atoms with E-state index in [1.165, 1.54) is 14.0 Å². The van der Waals surface area contributed by atoms with Crippen LogP contribution in [0.3, 0.4) is 0 Å². The zero-order valence-electron chi connectivity index (χ0n) is 13.3. The standard InChI is InChI=1S/C15H18N4O5/c1-5-9(17)13(21)8-6(4-24-15(18)22)10-14(23-2)7(16)3-19(10)11(8)12(5)20/h7,14H,3-4,16-17H2,1-2H3,(H2,18,22)/t7-,14-/m0/s1. The van der Waals surface area contributed by atoms with Crippen LogP contribution >= 0.6 is 0 Å². The lowest BCUT2D eigenvalue weighted by atomic mass is 9.89. The summed E-state index contributed by atoms with van der Waals surface area (Å²) in [5.74, 6) is -0.826. The van der Waals surface area contributed by atoms with E-state index in [1.807, 2.05) is 0 Å². The SMILES string of the molecule is CO[C@@H]1c2c(COC(N)=O)c3c(n2C[C@@H]1N)C(=O)C(C)=C(N)C3=O. The summed E-state index contributed by atoms with van der Waals surface area (Å²) in [5, 5.41) is 0. The molecule has 24 heavy (non-hydrogen) atoms. The average Bonchev–Trinajstić information content (AvgIpc) is 3.01. The minimum absolute atomic E-state index is 0.115. The van der Waals surface area contributed by atoms with Gasteiger partial charge >= 0.3 is 6.09 Å². The van der Waals surface area contributed by atoms with Gasteiger partial charge < -0.3 is 31.2 Å². The molecule has 0 bridgehead atoms. The van der Waals surface area contributed by atoms with Gasteiger partial charge in [0.1, 0.15) is 18.4 Å². The minimum Gasteiger partial charge on any atom is -0.445 e. The first-order valence-corrected chi connectivity index (χ1v) is 7.31. The zero-order valence-corrected chi connectivity index (χ0v) is 13.3. The Bertz CT molecular complexity index is 807. The third kappa shape index (κ3) is 2.05. The van der Waals surface area contributed by atoms with Gasteiger partial charge in [-0.2, -0.15) is 0 Å². The first-order valence-electron chi connectivity index (χ1n) is 7.31. The molecule has 0 aromatic carbocycles. The van der Waals surface area contributed by atoms with Crippen LogP contribution < -0.4 is 17.2 Å². The van der Waals surface area contributed by atoms with Crippen LogP contribution in [-0.2, 0) is 22.6 Å². The largest absolute Gasteiger partial charge is 0.445 e. The number of methoxy groups -OCH3 is 1. The maximum atomic E-state index is 12.7. The Morgan fingerprint density at radius 1 is 1.33 bits per heavy atom. The molecule has 2 heterocycles. The van der Waals surface area contributed by atoms with E-state index in [4.69, 9.17) is 26.7 Å². The average molecular weight is 334 g/mol. The number of fused-ring (bicyclic) bond motifs is 3. The first kappa shape index (κ1) is 16.2. The van der Waals surface area contributed by atoms with Crippen molar-refractivity contribution in [1.29, 1.82) is 0 Å². The maximum absolute atomic E-state index is 12.7. The number of Topliss-reactive ketones (excluding diaryl/α,β-unsaturated/α-hetero) is 2. The minimum atomic E-state index is -0.991. The highest BCUT2D eigenvalue weighted by Gasteiger charge is 2.44. The number of primary amides is 1. The Balaban J connectivity index is 2.25. The normalized spacial score (nSPS) is 22.6. The fourth-order valence-corrected chi connectivity index (χ4v) is 3.37. The second-order valence-electron chi connectivity index (χ2n) is 5.82. The lowest BCUT2D eigenvalue weighted by Crippen LogP contribution is -2.31. The molecule has 3 rings (SSSR count). The number of ether oxygens (including phenoxy) is 2. The summed E-state index contributed by atoms with van der Waals surface area (Å²) in [4.78, 5) is 36.3. The van der Waals surface area contributed by atoms with E-state index in [-0.39, 0.29) is 34.9 Å². The highest BCUT2D eigenvalue weighted by Crippen LogP contribution is 2.40. The predicted octanol–water partition coefficient (Wildman–Crippen LogP) is -0.276. The number of rotatable bonds is 3. The summed E-state index contributed by atoms with van der Waals surface area (Å²) in [5.41, 5.74) is 18.2.